The molecule has 2 amide bonds. The molecule has 0 saturated carbocycles. The minimum absolute atomic E-state index is 0.225. The van der Waals surface area contributed by atoms with Gasteiger partial charge in [0.05, 0.1) is 18.5 Å². The summed E-state index contributed by atoms with van der Waals surface area (Å²) in [5, 5.41) is 5.76. The van der Waals surface area contributed by atoms with Gasteiger partial charge in [-0.15, -0.1) is 0 Å². The van der Waals surface area contributed by atoms with E-state index in [1.54, 1.807) is 18.4 Å². The molecular formula is C22H24N4O3. The second kappa shape index (κ2) is 8.77. The molecule has 150 valence electrons. The molecule has 0 atom stereocenters. The van der Waals surface area contributed by atoms with E-state index in [9.17, 15) is 9.59 Å². The van der Waals surface area contributed by atoms with Crippen LogP contribution >= 0.6 is 0 Å². The van der Waals surface area contributed by atoms with Gasteiger partial charge in [0.15, 0.2) is 5.82 Å². The zero-order chi connectivity index (χ0) is 20.1. The first-order valence-electron chi connectivity index (χ1n) is 9.94. The van der Waals surface area contributed by atoms with Gasteiger partial charge in [0.2, 0.25) is 0 Å². The summed E-state index contributed by atoms with van der Waals surface area (Å²) in [6, 6.07) is 13.6. The number of carbonyl (C=O) groups is 2. The molecule has 1 aliphatic heterocycles. The van der Waals surface area contributed by atoms with Gasteiger partial charge in [0.25, 0.3) is 11.8 Å². The number of nitrogens with zero attached hydrogens (tertiary/aromatic N) is 2. The monoisotopic (exact) mass is 392 g/mol. The lowest BCUT2D eigenvalue weighted by Crippen LogP contribution is -2.27. The van der Waals surface area contributed by atoms with Gasteiger partial charge in [-0.2, -0.15) is 0 Å². The molecule has 2 N–H and O–H groups in total. The summed E-state index contributed by atoms with van der Waals surface area (Å²) >= 11 is 0. The number of benzene rings is 1. The first-order valence-corrected chi connectivity index (χ1v) is 9.94. The first kappa shape index (κ1) is 19.0. The molecule has 29 heavy (non-hydrogen) atoms. The van der Waals surface area contributed by atoms with E-state index >= 15 is 0 Å². The Morgan fingerprint density at radius 3 is 2.69 bits per heavy atom. The quantitative estimate of drug-likeness (QED) is 0.647. The fourth-order valence-corrected chi connectivity index (χ4v) is 3.61. The molecule has 0 aliphatic carbocycles. The van der Waals surface area contributed by atoms with Crippen molar-refractivity contribution < 1.29 is 14.0 Å². The zero-order valence-corrected chi connectivity index (χ0v) is 16.2. The third-order valence-corrected chi connectivity index (χ3v) is 5.08. The minimum Gasteiger partial charge on any atom is -0.467 e. The minimum atomic E-state index is -0.298. The highest BCUT2D eigenvalue weighted by molar-refractivity contribution is 5.97. The van der Waals surface area contributed by atoms with Crippen LogP contribution in [0.1, 0.15) is 51.0 Å². The van der Waals surface area contributed by atoms with E-state index in [2.05, 4.69) is 15.6 Å². The molecule has 0 radical (unpaired) electrons. The molecule has 4 rings (SSSR count). The van der Waals surface area contributed by atoms with E-state index < -0.39 is 0 Å². The van der Waals surface area contributed by atoms with Crippen LogP contribution in [0, 0.1) is 0 Å². The molecule has 0 bridgehead atoms. The Balaban J connectivity index is 1.45. The van der Waals surface area contributed by atoms with Gasteiger partial charge in [-0.1, -0.05) is 30.3 Å². The predicted molar refractivity (Wildman–Crippen MR) is 108 cm³/mol. The number of furan rings is 1. The number of carbonyl (C=O) groups excluding carboxylic acids is 2. The molecule has 3 aromatic rings. The van der Waals surface area contributed by atoms with Gasteiger partial charge in [-0.25, -0.2) is 4.98 Å². The average Bonchev–Trinajstić information content (AvgIpc) is 3.41. The SMILES string of the molecule is O=C(NCCc1ccccc1)c1nc(C(=O)NCc2ccco2)n2c1CCCC2. The third kappa shape index (κ3) is 4.39. The molecule has 7 heteroatoms. The molecule has 1 aliphatic rings. The molecule has 1 aromatic carbocycles. The Bertz CT molecular complexity index is 977. The summed E-state index contributed by atoms with van der Waals surface area (Å²) in [5.74, 6) is 0.437. The van der Waals surface area contributed by atoms with Gasteiger partial charge in [-0.3, -0.25) is 9.59 Å². The van der Waals surface area contributed by atoms with Crippen LogP contribution in [0.5, 0.6) is 0 Å². The van der Waals surface area contributed by atoms with Crippen LogP contribution < -0.4 is 10.6 Å². The molecule has 7 nitrogen and oxygen atoms in total. The second-order valence-electron chi connectivity index (χ2n) is 7.09. The lowest BCUT2D eigenvalue weighted by molar-refractivity contribution is 0.0932. The Kier molecular flexibility index (Phi) is 5.74. The van der Waals surface area contributed by atoms with Crippen molar-refractivity contribution in [3.63, 3.8) is 0 Å². The Morgan fingerprint density at radius 2 is 1.90 bits per heavy atom. The standard InChI is InChI=1S/C22H24N4O3/c27-21(23-12-11-16-7-2-1-3-8-16)19-18-10-4-5-13-26(18)20(25-19)22(28)24-15-17-9-6-14-29-17/h1-3,6-9,14H,4-5,10-13,15H2,(H,23,27)(H,24,28). The molecule has 0 unspecified atom stereocenters. The number of aromatic nitrogens is 2. The summed E-state index contributed by atoms with van der Waals surface area (Å²) in [6.07, 6.45) is 5.02. The lowest BCUT2D eigenvalue weighted by Gasteiger charge is -2.17. The van der Waals surface area contributed by atoms with Gasteiger partial charge in [-0.05, 0) is 43.4 Å². The Hall–Kier alpha value is -3.35. The smallest absolute Gasteiger partial charge is 0.287 e. The van der Waals surface area contributed by atoms with Crippen molar-refractivity contribution in [3.8, 4) is 0 Å². The second-order valence-corrected chi connectivity index (χ2v) is 7.09. The highest BCUT2D eigenvalue weighted by atomic mass is 16.3. The van der Waals surface area contributed by atoms with Crippen molar-refractivity contribution in [1.29, 1.82) is 0 Å². The van der Waals surface area contributed by atoms with Crippen LogP contribution in [0.25, 0.3) is 0 Å². The van der Waals surface area contributed by atoms with E-state index in [0.717, 1.165) is 36.9 Å². The summed E-state index contributed by atoms with van der Waals surface area (Å²) in [6.45, 7) is 1.50. The van der Waals surface area contributed by atoms with Crippen LogP contribution in [-0.4, -0.2) is 27.9 Å². The fraction of sp³-hybridized carbons (Fsp3) is 0.318. The Morgan fingerprint density at radius 1 is 1.03 bits per heavy atom. The number of nitrogens with one attached hydrogen (secondary N) is 2. The van der Waals surface area contributed by atoms with E-state index in [0.29, 0.717) is 30.4 Å². The number of imidazole rings is 1. The zero-order valence-electron chi connectivity index (χ0n) is 16.2. The fourth-order valence-electron chi connectivity index (χ4n) is 3.61. The van der Waals surface area contributed by atoms with Crippen LogP contribution in [0.2, 0.25) is 0 Å². The summed E-state index contributed by atoms with van der Waals surface area (Å²) < 4.78 is 7.13. The number of rotatable bonds is 7. The summed E-state index contributed by atoms with van der Waals surface area (Å²) in [4.78, 5) is 29.9. The molecule has 2 aromatic heterocycles. The van der Waals surface area contributed by atoms with Crippen molar-refractivity contribution >= 4 is 11.8 Å². The molecule has 0 fully saturated rings. The van der Waals surface area contributed by atoms with E-state index in [1.807, 2.05) is 34.9 Å². The molecule has 3 heterocycles. The van der Waals surface area contributed by atoms with Crippen LogP contribution in [0.15, 0.2) is 53.1 Å². The highest BCUT2D eigenvalue weighted by Crippen LogP contribution is 2.21. The first-order chi connectivity index (χ1) is 14.2. The molecule has 0 spiro atoms. The van der Waals surface area contributed by atoms with Crippen molar-refractivity contribution in [3.05, 3.63) is 77.3 Å². The molecule has 0 saturated heterocycles. The average molecular weight is 392 g/mol. The van der Waals surface area contributed by atoms with E-state index in [-0.39, 0.29) is 18.4 Å². The maximum Gasteiger partial charge on any atom is 0.287 e. The number of amides is 2. The highest BCUT2D eigenvalue weighted by Gasteiger charge is 2.27. The largest absolute Gasteiger partial charge is 0.467 e. The number of hydrogen-bond acceptors (Lipinski definition) is 4. The van der Waals surface area contributed by atoms with Crippen molar-refractivity contribution in [2.45, 2.75) is 38.8 Å². The third-order valence-electron chi connectivity index (χ3n) is 5.08. The lowest BCUT2D eigenvalue weighted by atomic mass is 10.1. The Labute approximate surface area is 169 Å². The number of hydrogen-bond donors (Lipinski definition) is 2. The summed E-state index contributed by atoms with van der Waals surface area (Å²) in [7, 11) is 0. The van der Waals surface area contributed by atoms with E-state index in [1.165, 1.54) is 0 Å². The van der Waals surface area contributed by atoms with Gasteiger partial charge >= 0.3 is 0 Å². The van der Waals surface area contributed by atoms with Crippen LogP contribution in [-0.2, 0) is 25.9 Å². The van der Waals surface area contributed by atoms with Crippen molar-refractivity contribution in [2.24, 2.45) is 0 Å². The maximum absolute atomic E-state index is 12.8. The van der Waals surface area contributed by atoms with Crippen molar-refractivity contribution in [2.75, 3.05) is 6.54 Å². The maximum atomic E-state index is 12.8. The molecular weight excluding hydrogens is 368 g/mol. The van der Waals surface area contributed by atoms with Gasteiger partial charge in [0, 0.05) is 13.1 Å². The normalized spacial score (nSPS) is 13.0. The van der Waals surface area contributed by atoms with E-state index in [4.69, 9.17) is 4.42 Å². The number of fused-ring (bicyclic) bond motifs is 1. The van der Waals surface area contributed by atoms with Crippen LogP contribution in [0.3, 0.4) is 0 Å². The van der Waals surface area contributed by atoms with Gasteiger partial charge in [0.1, 0.15) is 11.5 Å². The summed E-state index contributed by atoms with van der Waals surface area (Å²) in [5.41, 5.74) is 2.37. The van der Waals surface area contributed by atoms with Gasteiger partial charge < -0.3 is 19.6 Å². The van der Waals surface area contributed by atoms with Crippen molar-refractivity contribution in [1.82, 2.24) is 20.2 Å². The topological polar surface area (TPSA) is 89.2 Å². The predicted octanol–water partition coefficient (Wildman–Crippen LogP) is 2.71. The van der Waals surface area contributed by atoms with Crippen LogP contribution in [0.4, 0.5) is 0 Å².